The highest BCUT2D eigenvalue weighted by Crippen LogP contribution is 2.38. The summed E-state index contributed by atoms with van der Waals surface area (Å²) in [5.41, 5.74) is 2.61. The van der Waals surface area contributed by atoms with E-state index in [0.29, 0.717) is 22.7 Å². The van der Waals surface area contributed by atoms with Crippen LogP contribution in [0.15, 0.2) is 47.9 Å². The molecule has 0 spiro atoms. The first kappa shape index (κ1) is 21.8. The molecule has 1 aromatic carbocycles. The largest absolute Gasteiger partial charge is 0.324 e. The van der Waals surface area contributed by atoms with Crippen LogP contribution in [0.3, 0.4) is 0 Å². The minimum Gasteiger partial charge on any atom is -0.324 e. The summed E-state index contributed by atoms with van der Waals surface area (Å²) in [6, 6.07) is 9.82. The zero-order valence-electron chi connectivity index (χ0n) is 17.7. The summed E-state index contributed by atoms with van der Waals surface area (Å²) in [6.45, 7) is 4.25. The van der Waals surface area contributed by atoms with Gasteiger partial charge in [-0.2, -0.15) is 0 Å². The van der Waals surface area contributed by atoms with E-state index in [2.05, 4.69) is 32.0 Å². The van der Waals surface area contributed by atoms with Gasteiger partial charge in [0, 0.05) is 24.0 Å². The zero-order valence-corrected chi connectivity index (χ0v) is 19.3. The predicted molar refractivity (Wildman–Crippen MR) is 125 cm³/mol. The second-order valence-electron chi connectivity index (χ2n) is 8.07. The van der Waals surface area contributed by atoms with Crippen molar-refractivity contribution in [2.45, 2.75) is 50.7 Å². The lowest BCUT2D eigenvalue weighted by atomic mass is 9.85. The van der Waals surface area contributed by atoms with Crippen molar-refractivity contribution in [3.8, 4) is 11.4 Å². The Morgan fingerprint density at radius 2 is 2.10 bits per heavy atom. The highest BCUT2D eigenvalue weighted by molar-refractivity contribution is 7.99. The lowest BCUT2D eigenvalue weighted by Crippen LogP contribution is -2.23. The fourth-order valence-corrected chi connectivity index (χ4v) is 5.16. The Morgan fingerprint density at radius 3 is 2.84 bits per heavy atom. The molecule has 0 bridgehead atoms. The molecule has 1 aliphatic carbocycles. The van der Waals surface area contributed by atoms with Crippen molar-refractivity contribution < 1.29 is 4.79 Å². The van der Waals surface area contributed by atoms with Gasteiger partial charge in [0.25, 0.3) is 0 Å². The highest BCUT2D eigenvalue weighted by Gasteiger charge is 2.29. The van der Waals surface area contributed by atoms with Crippen LogP contribution in [0.4, 0.5) is 5.69 Å². The number of carbonyl (C=O) groups excluding carboxylic acids is 1. The van der Waals surface area contributed by atoms with Gasteiger partial charge in [0.1, 0.15) is 0 Å². The first-order chi connectivity index (χ1) is 15.0. The molecule has 2 heterocycles. The van der Waals surface area contributed by atoms with E-state index >= 15 is 0 Å². The SMILES string of the molecule is Cc1ccc(NC(=O)CSc2nnc(-c3cccnc3)n2[C@H]2CCCC[C@H]2C)c(Cl)c1. The molecular formula is C23H26ClN5OS. The van der Waals surface area contributed by atoms with E-state index in [1.165, 1.54) is 31.0 Å². The molecule has 0 saturated heterocycles. The van der Waals surface area contributed by atoms with Gasteiger partial charge in [-0.15, -0.1) is 10.2 Å². The second-order valence-corrected chi connectivity index (χ2v) is 9.42. The molecule has 2 aromatic heterocycles. The summed E-state index contributed by atoms with van der Waals surface area (Å²) >= 11 is 7.66. The average Bonchev–Trinajstić information content (AvgIpc) is 3.19. The highest BCUT2D eigenvalue weighted by atomic mass is 35.5. The molecule has 8 heteroatoms. The molecule has 162 valence electrons. The molecule has 1 fully saturated rings. The third-order valence-electron chi connectivity index (χ3n) is 5.71. The van der Waals surface area contributed by atoms with Gasteiger partial charge in [-0.1, -0.05) is 49.2 Å². The zero-order chi connectivity index (χ0) is 21.8. The third-order valence-corrected chi connectivity index (χ3v) is 6.97. The Labute approximate surface area is 191 Å². The lowest BCUT2D eigenvalue weighted by Gasteiger charge is -2.31. The number of hydrogen-bond acceptors (Lipinski definition) is 5. The van der Waals surface area contributed by atoms with Crippen LogP contribution in [0, 0.1) is 12.8 Å². The first-order valence-electron chi connectivity index (χ1n) is 10.6. The molecule has 4 rings (SSSR count). The van der Waals surface area contributed by atoms with Gasteiger partial charge in [-0.3, -0.25) is 14.3 Å². The maximum atomic E-state index is 12.6. The Balaban J connectivity index is 1.55. The molecule has 3 aromatic rings. The molecule has 0 radical (unpaired) electrons. The number of amides is 1. The number of aryl methyl sites for hydroxylation is 1. The molecule has 0 aliphatic heterocycles. The van der Waals surface area contributed by atoms with Gasteiger partial charge in [0.05, 0.1) is 16.5 Å². The number of hydrogen-bond donors (Lipinski definition) is 1. The molecule has 0 unspecified atom stereocenters. The summed E-state index contributed by atoms with van der Waals surface area (Å²) in [6.07, 6.45) is 8.29. The number of halogens is 1. The number of nitrogens with one attached hydrogen (secondary N) is 1. The molecule has 1 saturated carbocycles. The number of aromatic nitrogens is 4. The maximum absolute atomic E-state index is 12.6. The van der Waals surface area contributed by atoms with E-state index < -0.39 is 0 Å². The minimum absolute atomic E-state index is 0.120. The topological polar surface area (TPSA) is 72.7 Å². The Kier molecular flexibility index (Phi) is 6.92. The number of anilines is 1. The summed E-state index contributed by atoms with van der Waals surface area (Å²) in [4.78, 5) is 16.8. The van der Waals surface area contributed by atoms with Crippen molar-refractivity contribution >= 4 is 35.0 Å². The lowest BCUT2D eigenvalue weighted by molar-refractivity contribution is -0.113. The number of carbonyl (C=O) groups is 1. The summed E-state index contributed by atoms with van der Waals surface area (Å²) in [5, 5.41) is 13.1. The van der Waals surface area contributed by atoms with E-state index in [0.717, 1.165) is 28.5 Å². The standard InChI is InChI=1S/C23H26ClN5OS/c1-15-9-10-19(18(24)12-15)26-21(30)14-31-23-28-27-22(17-7-5-11-25-13-17)29(23)20-8-4-3-6-16(20)2/h5,7,9-13,16,20H,3-4,6,8,14H2,1-2H3,(H,26,30)/t16-,20+/m1/s1. The van der Waals surface area contributed by atoms with E-state index in [4.69, 9.17) is 11.6 Å². The van der Waals surface area contributed by atoms with E-state index in [-0.39, 0.29) is 11.7 Å². The molecule has 1 aliphatic rings. The number of benzene rings is 1. The van der Waals surface area contributed by atoms with Gasteiger partial charge in [0.2, 0.25) is 5.91 Å². The fraction of sp³-hybridized carbons (Fsp3) is 0.391. The first-order valence-corrected chi connectivity index (χ1v) is 11.9. The molecule has 31 heavy (non-hydrogen) atoms. The van der Waals surface area contributed by atoms with Gasteiger partial charge < -0.3 is 5.32 Å². The minimum atomic E-state index is -0.120. The Morgan fingerprint density at radius 1 is 1.26 bits per heavy atom. The van der Waals surface area contributed by atoms with Gasteiger partial charge in [-0.25, -0.2) is 0 Å². The van der Waals surface area contributed by atoms with E-state index in [1.54, 1.807) is 6.20 Å². The van der Waals surface area contributed by atoms with Crippen LogP contribution in [0.1, 0.15) is 44.2 Å². The normalized spacial score (nSPS) is 18.7. The van der Waals surface area contributed by atoms with Crippen molar-refractivity contribution in [3.05, 3.63) is 53.3 Å². The van der Waals surface area contributed by atoms with Crippen LogP contribution in [-0.2, 0) is 4.79 Å². The van der Waals surface area contributed by atoms with Crippen LogP contribution >= 0.6 is 23.4 Å². The van der Waals surface area contributed by atoms with Gasteiger partial charge >= 0.3 is 0 Å². The van der Waals surface area contributed by atoms with E-state index in [9.17, 15) is 4.79 Å². The van der Waals surface area contributed by atoms with Crippen molar-refractivity contribution in [3.63, 3.8) is 0 Å². The molecule has 6 nitrogen and oxygen atoms in total. The Hall–Kier alpha value is -2.38. The molecular weight excluding hydrogens is 430 g/mol. The smallest absolute Gasteiger partial charge is 0.234 e. The number of rotatable bonds is 6. The van der Waals surface area contributed by atoms with E-state index in [1.807, 2.05) is 43.5 Å². The average molecular weight is 456 g/mol. The Bertz CT molecular complexity index is 1060. The van der Waals surface area contributed by atoms with Crippen molar-refractivity contribution in [2.75, 3.05) is 11.1 Å². The van der Waals surface area contributed by atoms with Crippen LogP contribution in [0.5, 0.6) is 0 Å². The second kappa shape index (κ2) is 9.83. The van der Waals surface area contributed by atoms with Crippen molar-refractivity contribution in [2.24, 2.45) is 5.92 Å². The van der Waals surface area contributed by atoms with Crippen LogP contribution in [0.2, 0.25) is 5.02 Å². The number of pyridine rings is 1. The summed E-state index contributed by atoms with van der Waals surface area (Å²) in [7, 11) is 0. The van der Waals surface area contributed by atoms with Gasteiger partial charge in [-0.05, 0) is 55.5 Å². The predicted octanol–water partition coefficient (Wildman–Crippen LogP) is 5.78. The van der Waals surface area contributed by atoms with Crippen LogP contribution in [-0.4, -0.2) is 31.4 Å². The molecule has 2 atom stereocenters. The monoisotopic (exact) mass is 455 g/mol. The molecule has 1 amide bonds. The van der Waals surface area contributed by atoms with Crippen LogP contribution in [0.25, 0.3) is 11.4 Å². The summed E-state index contributed by atoms with van der Waals surface area (Å²) < 4.78 is 2.22. The van der Waals surface area contributed by atoms with Crippen molar-refractivity contribution in [1.29, 1.82) is 0 Å². The quantitative estimate of drug-likeness (QED) is 0.476. The fourth-order valence-electron chi connectivity index (χ4n) is 4.08. The van der Waals surface area contributed by atoms with Gasteiger partial charge in [0.15, 0.2) is 11.0 Å². The molecule has 1 N–H and O–H groups in total. The maximum Gasteiger partial charge on any atom is 0.234 e. The number of nitrogens with zero attached hydrogens (tertiary/aromatic N) is 4. The van der Waals surface area contributed by atoms with Crippen LogP contribution < -0.4 is 5.32 Å². The third kappa shape index (κ3) is 5.10. The number of thioether (sulfide) groups is 1. The summed E-state index contributed by atoms with van der Waals surface area (Å²) in [5.74, 6) is 1.46. The van der Waals surface area contributed by atoms with Crippen molar-refractivity contribution in [1.82, 2.24) is 19.7 Å².